The maximum absolute atomic E-state index is 15.3. The minimum Gasteiger partial charge on any atom is -0.369 e. The van der Waals surface area contributed by atoms with Gasteiger partial charge in [-0.2, -0.15) is 10.2 Å². The van der Waals surface area contributed by atoms with Crippen LogP contribution in [0, 0.1) is 5.92 Å². The van der Waals surface area contributed by atoms with Gasteiger partial charge >= 0.3 is 0 Å². The summed E-state index contributed by atoms with van der Waals surface area (Å²) in [7, 11) is 0. The van der Waals surface area contributed by atoms with Gasteiger partial charge in [0.2, 0.25) is 0 Å². The van der Waals surface area contributed by atoms with E-state index in [0.717, 1.165) is 50.0 Å². The highest BCUT2D eigenvalue weighted by atomic mass is 19.1. The Morgan fingerprint density at radius 3 is 2.82 bits per heavy atom. The highest BCUT2D eigenvalue weighted by molar-refractivity contribution is 5.51. The molecule has 3 atom stereocenters. The lowest BCUT2D eigenvalue weighted by Gasteiger charge is -2.24. The molecular formula is C24H28FN7O. The largest absolute Gasteiger partial charge is 0.369 e. The number of rotatable bonds is 6. The van der Waals surface area contributed by atoms with E-state index in [0.29, 0.717) is 28.9 Å². The summed E-state index contributed by atoms with van der Waals surface area (Å²) in [5.74, 6) is 1.41. The van der Waals surface area contributed by atoms with Gasteiger partial charge in [-0.1, -0.05) is 12.2 Å². The summed E-state index contributed by atoms with van der Waals surface area (Å²) in [5, 5.41) is 26.7. The van der Waals surface area contributed by atoms with Gasteiger partial charge in [-0.15, -0.1) is 0 Å². The van der Waals surface area contributed by atoms with E-state index in [9.17, 15) is 5.11 Å². The second-order valence-corrected chi connectivity index (χ2v) is 9.19. The summed E-state index contributed by atoms with van der Waals surface area (Å²) < 4.78 is 18.6. The first-order chi connectivity index (χ1) is 16.2. The number of allylic oxidation sites excluding steroid dienone is 4. The van der Waals surface area contributed by atoms with Crippen LogP contribution in [0.15, 0.2) is 54.5 Å². The number of nitrogens with one attached hydrogen (secondary N) is 2. The van der Waals surface area contributed by atoms with E-state index in [-0.39, 0.29) is 0 Å². The van der Waals surface area contributed by atoms with Gasteiger partial charge in [-0.3, -0.25) is 0 Å². The lowest BCUT2D eigenvalue weighted by atomic mass is 9.95. The van der Waals surface area contributed by atoms with Gasteiger partial charge in [0.1, 0.15) is 18.0 Å². The third kappa shape index (κ3) is 3.95. The summed E-state index contributed by atoms with van der Waals surface area (Å²) in [6.45, 7) is 1.89. The Hall–Kier alpha value is -3.04. The lowest BCUT2D eigenvalue weighted by Crippen LogP contribution is -2.27. The van der Waals surface area contributed by atoms with Crippen molar-refractivity contribution in [2.75, 3.05) is 18.4 Å². The minimum atomic E-state index is -1.16. The molecule has 2 aliphatic carbocycles. The predicted molar refractivity (Wildman–Crippen MR) is 123 cm³/mol. The Balaban J connectivity index is 1.32. The standard InChI is InChI=1S/C24H28FN7O/c25-19-12-17(15-2-3-15)4-5-21(19)32-22(13-20(30-32)16-6-9-26-10-7-16)29-24(33)18-14-28-31-11-1-8-27-23(18)31/h1,4-5,8,11-16,19,21,24,26,29,33H,2-3,6-7,9-10H2. The smallest absolute Gasteiger partial charge is 0.162 e. The molecule has 3 aromatic heterocycles. The number of aromatic nitrogens is 5. The molecule has 3 N–H and O–H groups in total. The second-order valence-electron chi connectivity index (χ2n) is 9.19. The zero-order chi connectivity index (χ0) is 22.4. The Kier molecular flexibility index (Phi) is 5.22. The molecule has 0 spiro atoms. The van der Waals surface area contributed by atoms with Crippen LogP contribution in [0.4, 0.5) is 10.2 Å². The highest BCUT2D eigenvalue weighted by Crippen LogP contribution is 2.41. The maximum Gasteiger partial charge on any atom is 0.162 e. The van der Waals surface area contributed by atoms with E-state index in [1.54, 1.807) is 39.9 Å². The number of piperidine rings is 1. The highest BCUT2D eigenvalue weighted by Gasteiger charge is 2.32. The van der Waals surface area contributed by atoms with Crippen molar-refractivity contribution < 1.29 is 9.50 Å². The van der Waals surface area contributed by atoms with Crippen molar-refractivity contribution in [2.24, 2.45) is 5.92 Å². The monoisotopic (exact) mass is 449 g/mol. The van der Waals surface area contributed by atoms with Crippen LogP contribution in [0.1, 0.15) is 55.1 Å². The topological polar surface area (TPSA) is 92.3 Å². The van der Waals surface area contributed by atoms with Gasteiger partial charge in [-0.25, -0.2) is 18.6 Å². The summed E-state index contributed by atoms with van der Waals surface area (Å²) >= 11 is 0. The molecule has 8 nitrogen and oxygen atoms in total. The van der Waals surface area contributed by atoms with Crippen LogP contribution in [0.25, 0.3) is 5.65 Å². The van der Waals surface area contributed by atoms with Gasteiger partial charge in [-0.05, 0) is 62.4 Å². The molecule has 1 saturated carbocycles. The lowest BCUT2D eigenvalue weighted by molar-refractivity contribution is 0.207. The van der Waals surface area contributed by atoms with Crippen LogP contribution in [0.5, 0.6) is 0 Å². The van der Waals surface area contributed by atoms with Crippen LogP contribution in [-0.2, 0) is 0 Å². The van der Waals surface area contributed by atoms with Crippen LogP contribution < -0.4 is 10.6 Å². The molecule has 0 amide bonds. The SMILES string of the molecule is OC(Nc1cc(C2CCNCC2)nn1C1C=CC(C2CC2)=CC1F)c1cnn2cccnc12. The Labute approximate surface area is 191 Å². The molecule has 1 aliphatic heterocycles. The van der Waals surface area contributed by atoms with Gasteiger partial charge in [0, 0.05) is 24.4 Å². The fraction of sp³-hybridized carbons (Fsp3) is 0.458. The number of anilines is 1. The predicted octanol–water partition coefficient (Wildman–Crippen LogP) is 3.28. The van der Waals surface area contributed by atoms with Gasteiger partial charge in [0.15, 0.2) is 11.9 Å². The van der Waals surface area contributed by atoms with Crippen molar-refractivity contribution in [1.29, 1.82) is 0 Å². The molecule has 0 bridgehead atoms. The molecule has 0 aromatic carbocycles. The molecule has 4 heterocycles. The average Bonchev–Trinajstić information content (AvgIpc) is 3.48. The zero-order valence-corrected chi connectivity index (χ0v) is 18.3. The van der Waals surface area contributed by atoms with Crippen LogP contribution >= 0.6 is 0 Å². The van der Waals surface area contributed by atoms with Crippen molar-refractivity contribution in [3.05, 3.63) is 65.8 Å². The summed E-state index contributed by atoms with van der Waals surface area (Å²) in [6, 6.07) is 3.18. The van der Waals surface area contributed by atoms with Crippen molar-refractivity contribution in [1.82, 2.24) is 29.7 Å². The van der Waals surface area contributed by atoms with Gasteiger partial charge in [0.05, 0.1) is 17.5 Å². The normalized spacial score (nSPS) is 24.7. The molecule has 2 fully saturated rings. The quantitative estimate of drug-likeness (QED) is 0.500. The molecule has 0 radical (unpaired) electrons. The summed E-state index contributed by atoms with van der Waals surface area (Å²) in [6.07, 6.45) is 12.8. The molecule has 9 heteroatoms. The van der Waals surface area contributed by atoms with E-state index < -0.39 is 18.4 Å². The molecule has 33 heavy (non-hydrogen) atoms. The summed E-state index contributed by atoms with van der Waals surface area (Å²) in [5.41, 5.74) is 3.15. The number of nitrogens with zero attached hydrogens (tertiary/aromatic N) is 5. The molecule has 6 rings (SSSR count). The second kappa shape index (κ2) is 8.39. The van der Waals surface area contributed by atoms with Gasteiger partial charge in [0.25, 0.3) is 0 Å². The first kappa shape index (κ1) is 20.6. The average molecular weight is 450 g/mol. The van der Waals surface area contributed by atoms with E-state index in [1.807, 2.05) is 18.2 Å². The van der Waals surface area contributed by atoms with Crippen molar-refractivity contribution >= 4 is 11.5 Å². The Morgan fingerprint density at radius 2 is 2.03 bits per heavy atom. The number of hydrogen-bond acceptors (Lipinski definition) is 6. The minimum absolute atomic E-state index is 0.312. The van der Waals surface area contributed by atoms with Crippen LogP contribution in [-0.4, -0.2) is 48.7 Å². The summed E-state index contributed by atoms with van der Waals surface area (Å²) in [4.78, 5) is 4.33. The fourth-order valence-electron chi connectivity index (χ4n) is 4.88. The molecule has 3 aliphatic rings. The number of alkyl halides is 1. The number of fused-ring (bicyclic) bond motifs is 1. The molecular weight excluding hydrogens is 421 g/mol. The van der Waals surface area contributed by atoms with E-state index in [2.05, 4.69) is 20.7 Å². The number of halogens is 1. The van der Waals surface area contributed by atoms with E-state index in [1.165, 1.54) is 0 Å². The maximum atomic E-state index is 15.3. The molecule has 3 aromatic rings. The number of aliphatic hydroxyl groups excluding tert-OH is 1. The molecule has 172 valence electrons. The zero-order valence-electron chi connectivity index (χ0n) is 18.3. The third-order valence-electron chi connectivity index (χ3n) is 6.89. The van der Waals surface area contributed by atoms with Crippen LogP contribution in [0.2, 0.25) is 0 Å². The third-order valence-corrected chi connectivity index (χ3v) is 6.89. The number of aliphatic hydroxyl groups is 1. The Bertz CT molecular complexity index is 1200. The first-order valence-corrected chi connectivity index (χ1v) is 11.7. The van der Waals surface area contributed by atoms with Crippen molar-refractivity contribution in [3.63, 3.8) is 0 Å². The first-order valence-electron chi connectivity index (χ1n) is 11.7. The van der Waals surface area contributed by atoms with E-state index in [4.69, 9.17) is 5.10 Å². The molecule has 1 saturated heterocycles. The van der Waals surface area contributed by atoms with Crippen molar-refractivity contribution in [2.45, 2.75) is 50.0 Å². The van der Waals surface area contributed by atoms with Gasteiger partial charge < -0.3 is 15.7 Å². The van der Waals surface area contributed by atoms with Crippen molar-refractivity contribution in [3.8, 4) is 0 Å². The Morgan fingerprint density at radius 1 is 1.18 bits per heavy atom. The van der Waals surface area contributed by atoms with E-state index >= 15 is 4.39 Å². The van der Waals surface area contributed by atoms with Crippen LogP contribution in [0.3, 0.4) is 0 Å². The fourth-order valence-corrected chi connectivity index (χ4v) is 4.88. The molecule has 3 unspecified atom stereocenters. The number of hydrogen-bond donors (Lipinski definition) is 3.